The molecule has 0 saturated carbocycles. The smallest absolute Gasteiger partial charge is 0.262 e. The lowest BCUT2D eigenvalue weighted by atomic mass is 11.8. The molecular weight excluding hydrogens is 133 g/mol. The van der Waals surface area contributed by atoms with Crippen molar-refractivity contribution in [1.82, 2.24) is 0 Å². The van der Waals surface area contributed by atoms with Gasteiger partial charge < -0.3 is 0 Å². The first kappa shape index (κ1) is 6.95. The van der Waals surface area contributed by atoms with E-state index in [1.807, 2.05) is 0 Å². The van der Waals surface area contributed by atoms with Gasteiger partial charge in [-0.2, -0.15) is 0 Å². The molecule has 6 heteroatoms. The highest BCUT2D eigenvalue weighted by molar-refractivity contribution is 7.78. The van der Waals surface area contributed by atoms with E-state index < -0.39 is 7.59 Å². The Morgan fingerprint density at radius 2 is 2.14 bits per heavy atom. The zero-order valence-corrected chi connectivity index (χ0v) is 5.08. The van der Waals surface area contributed by atoms with Crippen molar-refractivity contribution in [2.24, 2.45) is 15.8 Å². The van der Waals surface area contributed by atoms with E-state index in [-0.39, 0.29) is 0 Å². The maximum absolute atomic E-state index is 10.1. The van der Waals surface area contributed by atoms with Gasteiger partial charge in [-0.15, -0.1) is 4.76 Å². The number of nitrogens with zero attached hydrogens (tertiary/aromatic N) is 1. The molecule has 0 aliphatic rings. The van der Waals surface area contributed by atoms with Crippen LogP contribution in [-0.2, 0) is 4.57 Å². The molecule has 0 rings (SSSR count). The largest absolute Gasteiger partial charge is 0.327 e. The van der Waals surface area contributed by atoms with Crippen molar-refractivity contribution in [2.75, 3.05) is 0 Å². The molecule has 0 aromatic rings. The third-order valence-electron chi connectivity index (χ3n) is 0.197. The van der Waals surface area contributed by atoms with Crippen LogP contribution in [0.25, 0.3) is 0 Å². The zero-order valence-electron chi connectivity index (χ0n) is 3.37. The molecule has 0 amide bonds. The van der Waals surface area contributed by atoms with Crippen LogP contribution in [0.5, 0.6) is 0 Å². The van der Waals surface area contributed by atoms with Gasteiger partial charge in [0.05, 0.1) is 5.16 Å². The van der Waals surface area contributed by atoms with Gasteiger partial charge in [0.2, 0.25) is 0 Å². The number of thiocarbonyl (C=S) groups is 1. The second kappa shape index (κ2) is 2.31. The van der Waals surface area contributed by atoms with E-state index >= 15 is 0 Å². The molecule has 0 bridgehead atoms. The summed E-state index contributed by atoms with van der Waals surface area (Å²) in [5, 5.41) is 1.80. The fourth-order valence-corrected chi connectivity index (χ4v) is 0.574. The summed E-state index contributed by atoms with van der Waals surface area (Å²) in [6, 6.07) is 0. The second-order valence-electron chi connectivity index (χ2n) is 0.864. The Balaban J connectivity index is 4.10. The Bertz CT molecular complexity index is 143. The molecule has 0 spiro atoms. The molecule has 0 unspecified atom stereocenters. The van der Waals surface area contributed by atoms with Crippen molar-refractivity contribution in [3.63, 3.8) is 0 Å². The van der Waals surface area contributed by atoms with Gasteiger partial charge in [0.1, 0.15) is 0 Å². The Labute approximate surface area is 46.1 Å². The Hall–Kier alpha value is -0.0500. The summed E-state index contributed by atoms with van der Waals surface area (Å²) in [7, 11) is -3.26. The summed E-state index contributed by atoms with van der Waals surface area (Å²) in [5.41, 5.74) is 9.37. The summed E-state index contributed by atoms with van der Waals surface area (Å²) in [5.74, 6) is 0. The highest BCUT2D eigenvalue weighted by Gasteiger charge is 1.99. The number of rotatable bonds is 1. The predicted octanol–water partition coefficient (Wildman–Crippen LogP) is 0.115. The van der Waals surface area contributed by atoms with Gasteiger partial charge in [0.25, 0.3) is 0 Å². The summed E-state index contributed by atoms with van der Waals surface area (Å²) >= 11 is 4.05. The van der Waals surface area contributed by atoms with Gasteiger partial charge in [-0.1, -0.05) is 0 Å². The van der Waals surface area contributed by atoms with E-state index in [0.29, 0.717) is 0 Å². The number of hydrogen-bond donors (Lipinski definition) is 2. The van der Waals surface area contributed by atoms with Gasteiger partial charge in [-0.3, -0.25) is 15.6 Å². The molecule has 40 valence electrons. The maximum atomic E-state index is 10.1. The van der Waals surface area contributed by atoms with Crippen molar-refractivity contribution in [2.45, 2.75) is 0 Å². The van der Waals surface area contributed by atoms with Crippen LogP contribution in [0.3, 0.4) is 0 Å². The van der Waals surface area contributed by atoms with Crippen LogP contribution < -0.4 is 11.0 Å². The molecule has 0 heterocycles. The Morgan fingerprint density at radius 1 is 1.71 bits per heavy atom. The van der Waals surface area contributed by atoms with E-state index in [9.17, 15) is 4.57 Å². The molecule has 0 radical (unpaired) electrons. The van der Waals surface area contributed by atoms with Crippen LogP contribution >= 0.6 is 19.8 Å². The summed E-state index contributed by atoms with van der Waals surface area (Å²) in [6.07, 6.45) is 0. The van der Waals surface area contributed by atoms with E-state index in [2.05, 4.69) is 28.0 Å². The lowest BCUT2D eigenvalue weighted by Gasteiger charge is -1.89. The molecule has 4 N–H and O–H groups in total. The molecule has 7 heavy (non-hydrogen) atoms. The maximum Gasteiger partial charge on any atom is 0.327 e. The number of nitrogens with two attached hydrogens (primary N) is 2. The van der Waals surface area contributed by atoms with Crippen LogP contribution in [0.4, 0.5) is 0 Å². The first-order chi connectivity index (χ1) is 3.06. The Morgan fingerprint density at radius 3 is 2.14 bits per heavy atom. The molecular formula is CH4N3OPS. The quantitative estimate of drug-likeness (QED) is 0.305. The predicted molar refractivity (Wildman–Crippen MR) is 31.0 cm³/mol. The summed E-state index contributed by atoms with van der Waals surface area (Å²) in [4.78, 5) is 0. The molecule has 4 nitrogen and oxygen atoms in total. The van der Waals surface area contributed by atoms with Crippen LogP contribution in [0.2, 0.25) is 0 Å². The summed E-state index contributed by atoms with van der Waals surface area (Å²) < 4.78 is 13.0. The minimum Gasteiger partial charge on any atom is -0.262 e. The highest BCUT2D eigenvalue weighted by atomic mass is 32.1. The van der Waals surface area contributed by atoms with Crippen LogP contribution in [0.1, 0.15) is 0 Å². The van der Waals surface area contributed by atoms with Crippen LogP contribution in [0, 0.1) is 0 Å². The first-order valence-electron chi connectivity index (χ1n) is 1.33. The zero-order chi connectivity index (χ0) is 5.91. The second-order valence-corrected chi connectivity index (χ2v) is 2.59. The normalized spacial score (nSPS) is 10.0. The van der Waals surface area contributed by atoms with Crippen molar-refractivity contribution < 1.29 is 4.57 Å². The number of hydrogen-bond acceptors (Lipinski definition) is 2. The van der Waals surface area contributed by atoms with Crippen molar-refractivity contribution in [3.8, 4) is 0 Å². The third-order valence-corrected chi connectivity index (χ3v) is 0.836. The molecule has 0 aliphatic carbocycles. The minimum absolute atomic E-state index is 1.80. The van der Waals surface area contributed by atoms with Crippen LogP contribution in [-0.4, -0.2) is 5.16 Å². The average Bonchev–Trinajstić information content (AvgIpc) is 1.30. The van der Waals surface area contributed by atoms with E-state index in [4.69, 9.17) is 0 Å². The van der Waals surface area contributed by atoms with Crippen molar-refractivity contribution in [3.05, 3.63) is 0 Å². The Kier molecular flexibility index (Phi) is 2.29. The topological polar surface area (TPSA) is 81.5 Å². The minimum atomic E-state index is -3.26. The fraction of sp³-hybridized carbons (Fsp3) is 0. The third kappa shape index (κ3) is 5.95. The molecule has 0 fully saturated rings. The lowest BCUT2D eigenvalue weighted by molar-refractivity contribution is 0.578. The van der Waals surface area contributed by atoms with Gasteiger partial charge >= 0.3 is 7.59 Å². The molecule has 0 saturated heterocycles. The first-order valence-corrected chi connectivity index (χ1v) is 3.53. The lowest BCUT2D eigenvalue weighted by Crippen LogP contribution is -1.99. The van der Waals surface area contributed by atoms with Crippen molar-refractivity contribution >= 4 is 25.0 Å². The average molecular weight is 137 g/mol. The van der Waals surface area contributed by atoms with Gasteiger partial charge in [0.15, 0.2) is 0 Å². The van der Waals surface area contributed by atoms with Crippen molar-refractivity contribution in [1.29, 1.82) is 0 Å². The standard InChI is InChI=1S/CH4N3OPS/c2-6(3,5)4-1-7/h(H4,2,3,5). The molecule has 0 aliphatic heterocycles. The molecule has 0 aromatic carbocycles. The highest BCUT2D eigenvalue weighted by Crippen LogP contribution is 2.24. The van der Waals surface area contributed by atoms with E-state index in [1.165, 1.54) is 0 Å². The fourth-order valence-electron chi connectivity index (χ4n) is 0.0638. The number of isothiocyanates is 1. The summed E-state index contributed by atoms with van der Waals surface area (Å²) in [6.45, 7) is 0. The SMILES string of the molecule is NP(N)(=O)N=C=S. The van der Waals surface area contributed by atoms with E-state index in [0.717, 1.165) is 0 Å². The molecule has 0 atom stereocenters. The monoisotopic (exact) mass is 137 g/mol. The van der Waals surface area contributed by atoms with Gasteiger partial charge in [0, 0.05) is 0 Å². The van der Waals surface area contributed by atoms with E-state index in [1.54, 1.807) is 5.16 Å². The molecule has 0 aromatic heterocycles. The van der Waals surface area contributed by atoms with Gasteiger partial charge in [-0.25, -0.2) is 0 Å². The van der Waals surface area contributed by atoms with Crippen LogP contribution in [0.15, 0.2) is 4.76 Å². The van der Waals surface area contributed by atoms with Gasteiger partial charge in [-0.05, 0) is 12.2 Å².